The Morgan fingerprint density at radius 3 is 2.75 bits per heavy atom. The fraction of sp³-hybridized carbons (Fsp3) is 0.167. The van der Waals surface area contributed by atoms with E-state index in [0.29, 0.717) is 0 Å². The van der Waals surface area contributed by atoms with Gasteiger partial charge < -0.3 is 20.9 Å². The summed E-state index contributed by atoms with van der Waals surface area (Å²) in [5.41, 5.74) is 2.45. The van der Waals surface area contributed by atoms with E-state index in [9.17, 15) is 0 Å². The first kappa shape index (κ1) is 9.15. The smallest absolute Gasteiger partial charge is 0.174 e. The molecule has 0 radical (unpaired) electrons. The van der Waals surface area contributed by atoms with Crippen molar-refractivity contribution in [2.75, 3.05) is 5.32 Å². The lowest BCUT2D eigenvalue weighted by Gasteiger charge is -2.13. The Morgan fingerprint density at radius 2 is 2.00 bits per heavy atom. The van der Waals surface area contributed by atoms with Crippen molar-refractivity contribution < 1.29 is 0 Å². The van der Waals surface area contributed by atoms with Crippen molar-refractivity contribution in [1.29, 1.82) is 0 Å². The van der Waals surface area contributed by atoms with Gasteiger partial charge in [0.05, 0.1) is 0 Å². The SMILES string of the molecule is Cc1cccc2cc(NC3NC=CN3)[nH]c12. The number of hydrogen-bond acceptors (Lipinski definition) is 3. The normalized spacial score (nSPS) is 15.1. The maximum Gasteiger partial charge on any atom is 0.174 e. The largest absolute Gasteiger partial charge is 0.353 e. The van der Waals surface area contributed by atoms with Gasteiger partial charge in [0.15, 0.2) is 6.29 Å². The van der Waals surface area contributed by atoms with E-state index in [4.69, 9.17) is 0 Å². The standard InChI is InChI=1S/C12H14N4/c1-8-3-2-4-9-7-10(15-11(8)9)16-12-13-5-6-14-12/h2-7,12-16H,1H3. The molecule has 1 aromatic heterocycles. The Kier molecular flexibility index (Phi) is 1.99. The first-order chi connectivity index (χ1) is 7.83. The van der Waals surface area contributed by atoms with Gasteiger partial charge in [-0.3, -0.25) is 0 Å². The van der Waals surface area contributed by atoms with Gasteiger partial charge in [-0.05, 0) is 18.6 Å². The van der Waals surface area contributed by atoms with Gasteiger partial charge in [-0.25, -0.2) is 0 Å². The van der Waals surface area contributed by atoms with E-state index in [1.54, 1.807) is 0 Å². The molecule has 1 aliphatic heterocycles. The Morgan fingerprint density at radius 1 is 1.19 bits per heavy atom. The first-order valence-corrected chi connectivity index (χ1v) is 5.35. The van der Waals surface area contributed by atoms with Crippen LogP contribution in [-0.2, 0) is 0 Å². The highest BCUT2D eigenvalue weighted by Crippen LogP contribution is 2.21. The minimum Gasteiger partial charge on any atom is -0.353 e. The van der Waals surface area contributed by atoms with E-state index in [2.05, 4.69) is 52.1 Å². The van der Waals surface area contributed by atoms with Gasteiger partial charge in [-0.2, -0.15) is 0 Å². The number of nitrogens with one attached hydrogen (secondary N) is 4. The predicted octanol–water partition coefficient (Wildman–Crippen LogP) is 1.84. The van der Waals surface area contributed by atoms with Crippen LogP contribution in [-0.4, -0.2) is 11.3 Å². The maximum atomic E-state index is 3.37. The molecule has 82 valence electrons. The second-order valence-corrected chi connectivity index (χ2v) is 3.97. The summed E-state index contributed by atoms with van der Waals surface area (Å²) in [6.45, 7) is 2.11. The lowest BCUT2D eigenvalue weighted by Crippen LogP contribution is -2.38. The minimum atomic E-state index is 0.0633. The summed E-state index contributed by atoms with van der Waals surface area (Å²) in [6.07, 6.45) is 3.82. The van der Waals surface area contributed by atoms with Crippen molar-refractivity contribution in [2.24, 2.45) is 0 Å². The summed E-state index contributed by atoms with van der Waals surface area (Å²) < 4.78 is 0. The Bertz CT molecular complexity index is 533. The number of para-hydroxylation sites is 1. The average Bonchev–Trinajstić information content (AvgIpc) is 2.88. The molecule has 2 aromatic rings. The molecule has 16 heavy (non-hydrogen) atoms. The highest BCUT2D eigenvalue weighted by atomic mass is 15.3. The minimum absolute atomic E-state index is 0.0633. The highest BCUT2D eigenvalue weighted by molar-refractivity contribution is 5.86. The number of aromatic amines is 1. The van der Waals surface area contributed by atoms with Crippen molar-refractivity contribution in [3.8, 4) is 0 Å². The zero-order valence-electron chi connectivity index (χ0n) is 9.04. The third-order valence-corrected chi connectivity index (χ3v) is 2.77. The van der Waals surface area contributed by atoms with E-state index >= 15 is 0 Å². The fourth-order valence-electron chi connectivity index (χ4n) is 1.96. The number of H-pyrrole nitrogens is 1. The van der Waals surface area contributed by atoms with Crippen LogP contribution >= 0.6 is 0 Å². The maximum absolute atomic E-state index is 3.37. The number of anilines is 1. The molecular weight excluding hydrogens is 200 g/mol. The molecule has 4 N–H and O–H groups in total. The van der Waals surface area contributed by atoms with Crippen LogP contribution in [0.5, 0.6) is 0 Å². The van der Waals surface area contributed by atoms with Crippen molar-refractivity contribution in [1.82, 2.24) is 15.6 Å². The number of benzene rings is 1. The molecule has 1 aliphatic rings. The number of rotatable bonds is 2. The molecule has 0 saturated heterocycles. The zero-order valence-corrected chi connectivity index (χ0v) is 9.04. The van der Waals surface area contributed by atoms with E-state index in [1.807, 2.05) is 12.4 Å². The Balaban J connectivity index is 1.90. The summed E-state index contributed by atoms with van der Waals surface area (Å²) in [4.78, 5) is 3.37. The van der Waals surface area contributed by atoms with Crippen molar-refractivity contribution in [2.45, 2.75) is 13.2 Å². The molecule has 0 atom stereocenters. The topological polar surface area (TPSA) is 51.9 Å². The number of aromatic nitrogens is 1. The van der Waals surface area contributed by atoms with Gasteiger partial charge in [0.25, 0.3) is 0 Å². The lowest BCUT2D eigenvalue weighted by molar-refractivity contribution is 0.638. The van der Waals surface area contributed by atoms with Crippen LogP contribution in [0.2, 0.25) is 0 Å². The molecular formula is C12H14N4. The van der Waals surface area contributed by atoms with Crippen molar-refractivity contribution in [3.63, 3.8) is 0 Å². The summed E-state index contributed by atoms with van der Waals surface area (Å²) in [5, 5.41) is 10.8. The predicted molar refractivity (Wildman–Crippen MR) is 65.9 cm³/mol. The third kappa shape index (κ3) is 1.48. The van der Waals surface area contributed by atoms with E-state index in [0.717, 1.165) is 5.82 Å². The van der Waals surface area contributed by atoms with E-state index in [-0.39, 0.29) is 6.29 Å². The van der Waals surface area contributed by atoms with Gasteiger partial charge in [-0.1, -0.05) is 18.2 Å². The molecule has 4 heteroatoms. The average molecular weight is 214 g/mol. The monoisotopic (exact) mass is 214 g/mol. The molecule has 4 nitrogen and oxygen atoms in total. The second kappa shape index (κ2) is 3.48. The lowest BCUT2D eigenvalue weighted by atomic mass is 10.2. The van der Waals surface area contributed by atoms with Crippen LogP contribution in [0.25, 0.3) is 10.9 Å². The second-order valence-electron chi connectivity index (χ2n) is 3.97. The van der Waals surface area contributed by atoms with Crippen LogP contribution in [0.1, 0.15) is 5.56 Å². The first-order valence-electron chi connectivity index (χ1n) is 5.35. The molecule has 0 unspecified atom stereocenters. The summed E-state index contributed by atoms with van der Waals surface area (Å²) >= 11 is 0. The van der Waals surface area contributed by atoms with Crippen LogP contribution < -0.4 is 16.0 Å². The van der Waals surface area contributed by atoms with Gasteiger partial charge >= 0.3 is 0 Å². The van der Waals surface area contributed by atoms with E-state index < -0.39 is 0 Å². The third-order valence-electron chi connectivity index (χ3n) is 2.77. The molecule has 0 spiro atoms. The van der Waals surface area contributed by atoms with Gasteiger partial charge in [0, 0.05) is 23.3 Å². The molecule has 2 heterocycles. The van der Waals surface area contributed by atoms with Gasteiger partial charge in [-0.15, -0.1) is 0 Å². The highest BCUT2D eigenvalue weighted by Gasteiger charge is 2.09. The molecule has 0 aliphatic carbocycles. The quantitative estimate of drug-likeness (QED) is 0.617. The van der Waals surface area contributed by atoms with Gasteiger partial charge in [0.1, 0.15) is 5.82 Å². The van der Waals surface area contributed by atoms with Crippen LogP contribution in [0.15, 0.2) is 36.7 Å². The van der Waals surface area contributed by atoms with Crippen LogP contribution in [0, 0.1) is 6.92 Å². The Hall–Kier alpha value is -2.10. The summed E-state index contributed by atoms with van der Waals surface area (Å²) in [7, 11) is 0. The molecule has 0 amide bonds. The molecule has 0 fully saturated rings. The van der Waals surface area contributed by atoms with Crippen LogP contribution in [0.3, 0.4) is 0 Å². The number of hydrogen-bond donors (Lipinski definition) is 4. The fourth-order valence-corrected chi connectivity index (χ4v) is 1.96. The van der Waals surface area contributed by atoms with Gasteiger partial charge in [0.2, 0.25) is 0 Å². The zero-order chi connectivity index (χ0) is 11.0. The summed E-state index contributed by atoms with van der Waals surface area (Å²) in [6, 6.07) is 8.40. The molecule has 0 saturated carbocycles. The molecule has 1 aromatic carbocycles. The van der Waals surface area contributed by atoms with E-state index in [1.165, 1.54) is 16.5 Å². The van der Waals surface area contributed by atoms with Crippen molar-refractivity contribution in [3.05, 3.63) is 42.2 Å². The van der Waals surface area contributed by atoms with Crippen LogP contribution in [0.4, 0.5) is 5.82 Å². The molecule has 0 bridgehead atoms. The number of aryl methyl sites for hydroxylation is 1. The summed E-state index contributed by atoms with van der Waals surface area (Å²) in [5.74, 6) is 1.01. The Labute approximate surface area is 93.7 Å². The van der Waals surface area contributed by atoms with Crippen molar-refractivity contribution >= 4 is 16.7 Å². The number of fused-ring (bicyclic) bond motifs is 1. The molecule has 3 rings (SSSR count).